The summed E-state index contributed by atoms with van der Waals surface area (Å²) in [5.74, 6) is 0.0956. The fraction of sp³-hybridized carbons (Fsp3) is 0.452. The number of rotatable bonds is 5. The highest BCUT2D eigenvalue weighted by molar-refractivity contribution is 5.94. The fourth-order valence-corrected chi connectivity index (χ4v) is 5.55. The zero-order valence-corrected chi connectivity index (χ0v) is 23.0. The van der Waals surface area contributed by atoms with Crippen LogP contribution in [0.15, 0.2) is 54.6 Å². The van der Waals surface area contributed by atoms with Gasteiger partial charge in [0.25, 0.3) is 11.8 Å². The molecule has 212 valence electrons. The molecule has 1 atom stereocenters. The van der Waals surface area contributed by atoms with Gasteiger partial charge in [0.2, 0.25) is 0 Å². The summed E-state index contributed by atoms with van der Waals surface area (Å²) in [7, 11) is 0. The van der Waals surface area contributed by atoms with E-state index >= 15 is 0 Å². The lowest BCUT2D eigenvalue weighted by molar-refractivity contribution is -0.170. The van der Waals surface area contributed by atoms with E-state index in [1.165, 1.54) is 6.07 Å². The quantitative estimate of drug-likeness (QED) is 0.492. The number of aromatic amines is 1. The molecule has 1 spiro atoms. The summed E-state index contributed by atoms with van der Waals surface area (Å²) >= 11 is 0. The summed E-state index contributed by atoms with van der Waals surface area (Å²) in [5, 5.41) is 6.96. The van der Waals surface area contributed by atoms with E-state index in [2.05, 4.69) is 23.2 Å². The van der Waals surface area contributed by atoms with Crippen LogP contribution in [0.3, 0.4) is 0 Å². The SMILES string of the molecule is CCCCN1CCOc2ccccc2CCCCC2(CN(C(=O)c3cc(-c4ccccc4F)n[nH]3)CCO2)C1=O. The van der Waals surface area contributed by atoms with Crippen LogP contribution in [0.4, 0.5) is 4.39 Å². The fourth-order valence-electron chi connectivity index (χ4n) is 5.55. The van der Waals surface area contributed by atoms with Crippen LogP contribution in [0.1, 0.15) is 55.1 Å². The average molecular weight is 549 g/mol. The number of H-pyrrole nitrogens is 1. The molecule has 2 aromatic carbocycles. The van der Waals surface area contributed by atoms with E-state index in [9.17, 15) is 14.0 Å². The normalized spacial score (nSPS) is 20.4. The van der Waals surface area contributed by atoms with E-state index in [0.29, 0.717) is 43.9 Å². The molecule has 40 heavy (non-hydrogen) atoms. The van der Waals surface area contributed by atoms with Gasteiger partial charge in [-0.25, -0.2) is 4.39 Å². The van der Waals surface area contributed by atoms with Crippen molar-refractivity contribution in [1.29, 1.82) is 0 Å². The predicted octanol–water partition coefficient (Wildman–Crippen LogP) is 4.86. The van der Waals surface area contributed by atoms with Gasteiger partial charge >= 0.3 is 0 Å². The minimum atomic E-state index is -1.13. The zero-order valence-electron chi connectivity index (χ0n) is 23.0. The van der Waals surface area contributed by atoms with Crippen molar-refractivity contribution in [1.82, 2.24) is 20.0 Å². The number of amides is 2. The van der Waals surface area contributed by atoms with Crippen LogP contribution in [0.25, 0.3) is 11.3 Å². The summed E-state index contributed by atoms with van der Waals surface area (Å²) in [6.07, 6.45) is 4.82. The van der Waals surface area contributed by atoms with Crippen molar-refractivity contribution in [3.05, 3.63) is 71.7 Å². The summed E-state index contributed by atoms with van der Waals surface area (Å²) in [6.45, 7) is 4.29. The van der Waals surface area contributed by atoms with Crippen LogP contribution >= 0.6 is 0 Å². The molecule has 8 nitrogen and oxygen atoms in total. The molecule has 1 N–H and O–H groups in total. The van der Waals surface area contributed by atoms with Crippen molar-refractivity contribution in [2.24, 2.45) is 0 Å². The number of morpholine rings is 1. The molecule has 1 fully saturated rings. The third kappa shape index (κ3) is 6.04. The molecule has 9 heteroatoms. The smallest absolute Gasteiger partial charge is 0.272 e. The molecule has 2 aliphatic rings. The van der Waals surface area contributed by atoms with Crippen molar-refractivity contribution in [2.75, 3.05) is 39.4 Å². The van der Waals surface area contributed by atoms with Crippen molar-refractivity contribution >= 4 is 11.8 Å². The van der Waals surface area contributed by atoms with E-state index < -0.39 is 11.4 Å². The highest BCUT2D eigenvalue weighted by Crippen LogP contribution is 2.31. The van der Waals surface area contributed by atoms with E-state index in [-0.39, 0.29) is 30.7 Å². The zero-order chi connectivity index (χ0) is 28.0. The molecular weight excluding hydrogens is 511 g/mol. The first-order chi connectivity index (χ1) is 19.5. The summed E-state index contributed by atoms with van der Waals surface area (Å²) in [6, 6.07) is 16.0. The van der Waals surface area contributed by atoms with Gasteiger partial charge in [-0.05, 0) is 61.9 Å². The molecule has 0 aliphatic carbocycles. The van der Waals surface area contributed by atoms with Crippen LogP contribution in [-0.2, 0) is 16.0 Å². The molecule has 5 rings (SSSR count). The van der Waals surface area contributed by atoms with Crippen LogP contribution in [0.2, 0.25) is 0 Å². The van der Waals surface area contributed by atoms with Gasteiger partial charge < -0.3 is 19.3 Å². The largest absolute Gasteiger partial charge is 0.491 e. The number of hydrogen-bond donors (Lipinski definition) is 1. The number of fused-ring (bicyclic) bond motifs is 1. The van der Waals surface area contributed by atoms with Crippen molar-refractivity contribution in [3.8, 4) is 17.0 Å². The first-order valence-electron chi connectivity index (χ1n) is 14.2. The molecule has 0 saturated carbocycles. The number of aryl methyl sites for hydroxylation is 1. The van der Waals surface area contributed by atoms with Crippen LogP contribution in [0.5, 0.6) is 5.75 Å². The number of benzene rings is 2. The van der Waals surface area contributed by atoms with Gasteiger partial charge in [0.05, 0.1) is 25.4 Å². The van der Waals surface area contributed by atoms with E-state index in [4.69, 9.17) is 9.47 Å². The first kappa shape index (κ1) is 27.8. The molecule has 3 aromatic rings. The van der Waals surface area contributed by atoms with Crippen molar-refractivity contribution in [3.63, 3.8) is 0 Å². The molecule has 1 saturated heterocycles. The number of ether oxygens (including phenoxy) is 2. The number of halogens is 1. The maximum absolute atomic E-state index is 14.3. The molecule has 0 bridgehead atoms. The second-order valence-electron chi connectivity index (χ2n) is 10.5. The second-order valence-corrected chi connectivity index (χ2v) is 10.5. The second kappa shape index (κ2) is 12.6. The summed E-state index contributed by atoms with van der Waals surface area (Å²) in [5.41, 5.74) is 0.964. The topological polar surface area (TPSA) is 87.8 Å². The van der Waals surface area contributed by atoms with Gasteiger partial charge in [-0.1, -0.05) is 43.7 Å². The predicted molar refractivity (Wildman–Crippen MR) is 150 cm³/mol. The average Bonchev–Trinajstić information content (AvgIpc) is 3.47. The molecule has 3 heterocycles. The Bertz CT molecular complexity index is 1330. The number of nitrogens with zero attached hydrogens (tertiary/aromatic N) is 3. The van der Waals surface area contributed by atoms with Gasteiger partial charge in [-0.3, -0.25) is 14.7 Å². The molecule has 1 aromatic heterocycles. The number of aromatic nitrogens is 2. The summed E-state index contributed by atoms with van der Waals surface area (Å²) < 4.78 is 26.7. The van der Waals surface area contributed by atoms with Gasteiger partial charge in [0, 0.05) is 18.7 Å². The number of unbranched alkanes of at least 4 members (excludes halogenated alkanes) is 1. The van der Waals surface area contributed by atoms with Crippen molar-refractivity contribution in [2.45, 2.75) is 51.0 Å². The van der Waals surface area contributed by atoms with Crippen LogP contribution < -0.4 is 4.74 Å². The standard InChI is InChI=1S/C31H37FN4O4/c1-2-3-16-35-17-19-39-28-14-7-4-10-23(28)11-8-9-15-31(30(35)38)22-36(18-20-40-31)29(37)27-21-26(33-34-27)24-12-5-6-13-25(24)32/h4-7,10,12-14,21H,2-3,8-9,11,15-20,22H2,1H3,(H,33,34). The number of hydrogen-bond acceptors (Lipinski definition) is 5. The molecule has 2 aliphatic heterocycles. The highest BCUT2D eigenvalue weighted by atomic mass is 19.1. The summed E-state index contributed by atoms with van der Waals surface area (Å²) in [4.78, 5) is 31.3. The first-order valence-corrected chi connectivity index (χ1v) is 14.2. The minimum absolute atomic E-state index is 0.0902. The Labute approximate surface area is 234 Å². The van der Waals surface area contributed by atoms with E-state index in [1.54, 1.807) is 29.2 Å². The Morgan fingerprint density at radius 2 is 1.93 bits per heavy atom. The Hall–Kier alpha value is -3.72. The number of nitrogens with one attached hydrogen (secondary N) is 1. The van der Waals surface area contributed by atoms with Crippen LogP contribution in [-0.4, -0.2) is 76.8 Å². The Morgan fingerprint density at radius 1 is 1.10 bits per heavy atom. The Kier molecular flexibility index (Phi) is 8.79. The Morgan fingerprint density at radius 3 is 2.77 bits per heavy atom. The number of para-hydroxylation sites is 1. The molecule has 1 unspecified atom stereocenters. The van der Waals surface area contributed by atoms with E-state index in [0.717, 1.165) is 43.4 Å². The monoisotopic (exact) mass is 548 g/mol. The van der Waals surface area contributed by atoms with Gasteiger partial charge in [0.15, 0.2) is 5.60 Å². The van der Waals surface area contributed by atoms with Gasteiger partial charge in [-0.2, -0.15) is 5.10 Å². The van der Waals surface area contributed by atoms with Crippen LogP contribution in [0, 0.1) is 5.82 Å². The lowest BCUT2D eigenvalue weighted by Gasteiger charge is -2.44. The minimum Gasteiger partial charge on any atom is -0.491 e. The third-order valence-corrected chi connectivity index (χ3v) is 7.76. The maximum Gasteiger partial charge on any atom is 0.272 e. The molecule has 2 amide bonds. The highest BCUT2D eigenvalue weighted by Gasteiger charge is 2.47. The lowest BCUT2D eigenvalue weighted by Crippen LogP contribution is -2.62. The number of carbonyl (C=O) groups excluding carboxylic acids is 2. The molecular formula is C31H37FN4O4. The number of carbonyl (C=O) groups is 2. The molecule has 0 radical (unpaired) electrons. The lowest BCUT2D eigenvalue weighted by atomic mass is 9.90. The van der Waals surface area contributed by atoms with E-state index in [1.807, 2.05) is 23.1 Å². The Balaban J connectivity index is 1.38. The van der Waals surface area contributed by atoms with Gasteiger partial charge in [0.1, 0.15) is 23.9 Å². The maximum atomic E-state index is 14.3. The third-order valence-electron chi connectivity index (χ3n) is 7.76. The van der Waals surface area contributed by atoms with Gasteiger partial charge in [-0.15, -0.1) is 0 Å². The van der Waals surface area contributed by atoms with Crippen molar-refractivity contribution < 1.29 is 23.5 Å².